The zero-order chi connectivity index (χ0) is 28.3. The molecule has 4 rings (SSSR count). The summed E-state index contributed by atoms with van der Waals surface area (Å²) in [7, 11) is 0. The maximum atomic E-state index is 13.4. The predicted molar refractivity (Wildman–Crippen MR) is 148 cm³/mol. The number of amides is 4. The Bertz CT molecular complexity index is 1500. The average molecular weight is 594 g/mol. The number of non-ortho nitro benzene ring substituents is 1. The quantitative estimate of drug-likeness (QED) is 0.155. The van der Waals surface area contributed by atoms with Gasteiger partial charge in [-0.3, -0.25) is 25.0 Å². The van der Waals surface area contributed by atoms with Crippen LogP contribution in [0, 0.1) is 24.0 Å². The highest BCUT2D eigenvalue weighted by Gasteiger charge is 2.37. The summed E-state index contributed by atoms with van der Waals surface area (Å²) in [6.45, 7) is 5.94. The Morgan fingerprint density at radius 1 is 0.974 bits per heavy atom. The van der Waals surface area contributed by atoms with Gasteiger partial charge in [0.05, 0.1) is 17.2 Å². The average Bonchev–Trinajstić information content (AvgIpc) is 2.86. The number of nitro benzene ring substituents is 1. The molecule has 0 radical (unpaired) electrons. The van der Waals surface area contributed by atoms with Crippen LogP contribution in [0.1, 0.15) is 29.2 Å². The minimum absolute atomic E-state index is 0.0204. The molecular formula is C28H24BrN3O7. The van der Waals surface area contributed by atoms with Gasteiger partial charge in [-0.05, 0) is 85.5 Å². The van der Waals surface area contributed by atoms with Crippen molar-refractivity contribution in [3.63, 3.8) is 0 Å². The molecule has 3 aromatic carbocycles. The van der Waals surface area contributed by atoms with Crippen LogP contribution in [-0.2, 0) is 16.2 Å². The number of urea groups is 1. The van der Waals surface area contributed by atoms with E-state index in [0.29, 0.717) is 39.4 Å². The van der Waals surface area contributed by atoms with E-state index in [2.05, 4.69) is 21.2 Å². The van der Waals surface area contributed by atoms with Gasteiger partial charge in [0.2, 0.25) is 0 Å². The van der Waals surface area contributed by atoms with Gasteiger partial charge in [-0.1, -0.05) is 22.0 Å². The normalized spacial score (nSPS) is 14.4. The summed E-state index contributed by atoms with van der Waals surface area (Å²) in [6.07, 6.45) is 1.38. The maximum Gasteiger partial charge on any atom is 0.335 e. The Labute approximate surface area is 232 Å². The maximum absolute atomic E-state index is 13.4. The second-order valence-corrected chi connectivity index (χ2v) is 9.62. The molecule has 1 heterocycles. The van der Waals surface area contributed by atoms with Crippen molar-refractivity contribution in [2.24, 2.45) is 0 Å². The van der Waals surface area contributed by atoms with Crippen LogP contribution in [0.25, 0.3) is 6.08 Å². The molecule has 0 spiro atoms. The third-order valence-corrected chi connectivity index (χ3v) is 6.46. The molecule has 4 amide bonds. The van der Waals surface area contributed by atoms with Crippen LogP contribution in [0.3, 0.4) is 0 Å². The number of ether oxygens (including phenoxy) is 2. The van der Waals surface area contributed by atoms with Gasteiger partial charge in [-0.15, -0.1) is 0 Å². The van der Waals surface area contributed by atoms with Crippen molar-refractivity contribution in [2.45, 2.75) is 27.4 Å². The van der Waals surface area contributed by atoms with Crippen molar-refractivity contribution in [2.75, 3.05) is 11.5 Å². The number of carbonyl (C=O) groups excluding carboxylic acids is 3. The second-order valence-electron chi connectivity index (χ2n) is 8.77. The van der Waals surface area contributed by atoms with Gasteiger partial charge in [0, 0.05) is 16.6 Å². The fraction of sp³-hybridized carbons (Fsp3) is 0.179. The number of benzene rings is 3. The Kier molecular flexibility index (Phi) is 8.10. The van der Waals surface area contributed by atoms with Gasteiger partial charge >= 0.3 is 6.03 Å². The Morgan fingerprint density at radius 2 is 1.62 bits per heavy atom. The molecule has 0 unspecified atom stereocenters. The zero-order valence-corrected chi connectivity index (χ0v) is 22.9. The molecule has 0 atom stereocenters. The molecule has 39 heavy (non-hydrogen) atoms. The fourth-order valence-electron chi connectivity index (χ4n) is 4.04. The molecule has 0 aromatic heterocycles. The van der Waals surface area contributed by atoms with E-state index in [1.165, 1.54) is 18.2 Å². The van der Waals surface area contributed by atoms with Crippen molar-refractivity contribution in [1.29, 1.82) is 0 Å². The van der Waals surface area contributed by atoms with Gasteiger partial charge < -0.3 is 9.47 Å². The SMILES string of the molecule is CCOc1cc(/C=C2\C(=O)NC(=O)N(c3cc(C)cc(C)c3)C2=O)c(Br)cc1OCc1ccc([N+](=O)[O-])cc1. The largest absolute Gasteiger partial charge is 0.490 e. The minimum Gasteiger partial charge on any atom is -0.490 e. The van der Waals surface area contributed by atoms with Crippen molar-refractivity contribution in [3.05, 3.63) is 97.0 Å². The minimum atomic E-state index is -0.823. The summed E-state index contributed by atoms with van der Waals surface area (Å²) < 4.78 is 12.2. The van der Waals surface area contributed by atoms with Gasteiger partial charge in [-0.2, -0.15) is 0 Å². The predicted octanol–water partition coefficient (Wildman–Crippen LogP) is 5.62. The number of hydrogen-bond donors (Lipinski definition) is 1. The van der Waals surface area contributed by atoms with E-state index in [1.807, 2.05) is 19.9 Å². The first kappa shape index (κ1) is 27.5. The Morgan fingerprint density at radius 3 is 2.23 bits per heavy atom. The monoisotopic (exact) mass is 593 g/mol. The third-order valence-electron chi connectivity index (χ3n) is 5.77. The smallest absolute Gasteiger partial charge is 0.335 e. The lowest BCUT2D eigenvalue weighted by atomic mass is 10.0. The Hall–Kier alpha value is -4.51. The number of carbonyl (C=O) groups is 3. The number of nitrogens with zero attached hydrogens (tertiary/aromatic N) is 2. The van der Waals surface area contributed by atoms with Crippen molar-refractivity contribution in [3.8, 4) is 11.5 Å². The number of anilines is 1. The molecular weight excluding hydrogens is 570 g/mol. The van der Waals surface area contributed by atoms with Crippen LogP contribution in [0.5, 0.6) is 11.5 Å². The van der Waals surface area contributed by atoms with Gasteiger partial charge in [-0.25, -0.2) is 9.69 Å². The molecule has 11 heteroatoms. The number of hydrogen-bond acceptors (Lipinski definition) is 7. The van der Waals surface area contributed by atoms with Gasteiger partial charge in [0.1, 0.15) is 12.2 Å². The lowest BCUT2D eigenvalue weighted by molar-refractivity contribution is -0.384. The van der Waals surface area contributed by atoms with Crippen molar-refractivity contribution < 1.29 is 28.8 Å². The van der Waals surface area contributed by atoms with Crippen molar-refractivity contribution >= 4 is 51.2 Å². The highest BCUT2D eigenvalue weighted by atomic mass is 79.9. The van der Waals surface area contributed by atoms with E-state index in [-0.39, 0.29) is 17.9 Å². The van der Waals surface area contributed by atoms with E-state index in [9.17, 15) is 24.5 Å². The highest BCUT2D eigenvalue weighted by Crippen LogP contribution is 2.36. The number of imide groups is 2. The number of barbiturate groups is 1. The van der Waals surface area contributed by atoms with Crippen LogP contribution in [0.4, 0.5) is 16.2 Å². The van der Waals surface area contributed by atoms with Gasteiger partial charge in [0.15, 0.2) is 11.5 Å². The number of rotatable bonds is 8. The molecule has 0 bridgehead atoms. The van der Waals surface area contributed by atoms with Crippen LogP contribution >= 0.6 is 15.9 Å². The first-order valence-electron chi connectivity index (χ1n) is 11.9. The van der Waals surface area contributed by atoms with E-state index in [4.69, 9.17) is 9.47 Å². The second kappa shape index (κ2) is 11.5. The fourth-order valence-corrected chi connectivity index (χ4v) is 4.48. The van der Waals surface area contributed by atoms with Gasteiger partial charge in [0.25, 0.3) is 17.5 Å². The Balaban J connectivity index is 1.64. The van der Waals surface area contributed by atoms with Crippen LogP contribution in [-0.4, -0.2) is 29.4 Å². The standard InChI is InChI=1S/C28H24BrN3O7/c1-4-38-24-13-19(23(29)14-25(24)39-15-18-5-7-20(8-6-18)32(36)37)12-22-26(33)30-28(35)31(27(22)34)21-10-16(2)9-17(3)11-21/h5-14H,4,15H2,1-3H3,(H,30,33,35)/b22-12+. The van der Waals surface area contributed by atoms with E-state index in [0.717, 1.165) is 16.0 Å². The molecule has 3 aromatic rings. The molecule has 10 nitrogen and oxygen atoms in total. The summed E-state index contributed by atoms with van der Waals surface area (Å²) in [5, 5.41) is 13.1. The lowest BCUT2D eigenvalue weighted by Crippen LogP contribution is -2.54. The first-order valence-corrected chi connectivity index (χ1v) is 12.7. The number of halogens is 1. The summed E-state index contributed by atoms with van der Waals surface area (Å²) >= 11 is 3.46. The molecule has 0 aliphatic carbocycles. The summed E-state index contributed by atoms with van der Waals surface area (Å²) in [6, 6.07) is 13.7. The van der Waals surface area contributed by atoms with E-state index < -0.39 is 22.8 Å². The van der Waals surface area contributed by atoms with Crippen LogP contribution in [0.15, 0.2) is 64.6 Å². The lowest BCUT2D eigenvalue weighted by Gasteiger charge is -2.27. The topological polar surface area (TPSA) is 128 Å². The molecule has 1 fully saturated rings. The first-order chi connectivity index (χ1) is 18.6. The summed E-state index contributed by atoms with van der Waals surface area (Å²) in [4.78, 5) is 50.0. The number of nitrogens with one attached hydrogen (secondary N) is 1. The van der Waals surface area contributed by atoms with E-state index in [1.54, 1.807) is 43.3 Å². The van der Waals surface area contributed by atoms with Crippen LogP contribution in [0.2, 0.25) is 0 Å². The summed E-state index contributed by atoms with van der Waals surface area (Å²) in [5.74, 6) is -0.817. The number of aryl methyl sites for hydroxylation is 2. The van der Waals surface area contributed by atoms with E-state index >= 15 is 0 Å². The highest BCUT2D eigenvalue weighted by molar-refractivity contribution is 9.10. The molecule has 1 N–H and O–H groups in total. The molecule has 200 valence electrons. The summed E-state index contributed by atoms with van der Waals surface area (Å²) in [5.41, 5.74) is 3.00. The van der Waals surface area contributed by atoms with Crippen LogP contribution < -0.4 is 19.7 Å². The number of nitro groups is 1. The third kappa shape index (κ3) is 6.15. The molecule has 0 saturated carbocycles. The zero-order valence-electron chi connectivity index (χ0n) is 21.3. The molecule has 1 aliphatic heterocycles. The molecule has 1 saturated heterocycles. The molecule has 1 aliphatic rings. The van der Waals surface area contributed by atoms with Crippen molar-refractivity contribution in [1.82, 2.24) is 5.32 Å².